The average Bonchev–Trinajstić information content (AvgIpc) is 2.44. The van der Waals surface area contributed by atoms with Crippen LogP contribution in [0.25, 0.3) is 10.9 Å². The predicted octanol–water partition coefficient (Wildman–Crippen LogP) is 4.25. The van der Waals surface area contributed by atoms with E-state index in [0.717, 1.165) is 24.2 Å². The van der Waals surface area contributed by atoms with Crippen LogP contribution in [0.4, 0.5) is 0 Å². The van der Waals surface area contributed by atoms with Gasteiger partial charge in [0, 0.05) is 17.1 Å². The predicted molar refractivity (Wildman–Crippen MR) is 87.2 cm³/mol. The van der Waals surface area contributed by atoms with Gasteiger partial charge in [0.25, 0.3) is 0 Å². The maximum absolute atomic E-state index is 4.63. The van der Waals surface area contributed by atoms with Crippen LogP contribution >= 0.6 is 0 Å². The number of pyridine rings is 1. The Balaban J connectivity index is 2.26. The molecule has 2 aromatic rings. The summed E-state index contributed by atoms with van der Waals surface area (Å²) in [6.07, 6.45) is 4.74. The molecule has 0 saturated carbocycles. The van der Waals surface area contributed by atoms with E-state index in [1.165, 1.54) is 30.2 Å². The first-order valence-electron chi connectivity index (χ1n) is 7.83. The highest BCUT2D eigenvalue weighted by Crippen LogP contribution is 2.20. The second-order valence-electron chi connectivity index (χ2n) is 5.58. The third-order valence-electron chi connectivity index (χ3n) is 3.72. The lowest BCUT2D eigenvalue weighted by Gasteiger charge is -2.19. The van der Waals surface area contributed by atoms with Crippen LogP contribution in [0.15, 0.2) is 30.3 Å². The van der Waals surface area contributed by atoms with Crippen LogP contribution in [-0.2, 0) is 6.42 Å². The van der Waals surface area contributed by atoms with Crippen molar-refractivity contribution in [3.8, 4) is 0 Å². The van der Waals surface area contributed by atoms with Crippen molar-refractivity contribution in [3.63, 3.8) is 0 Å². The molecular weight excluding hydrogens is 244 g/mol. The van der Waals surface area contributed by atoms with Crippen LogP contribution in [0.1, 0.15) is 44.4 Å². The number of para-hydroxylation sites is 1. The van der Waals surface area contributed by atoms with Crippen molar-refractivity contribution in [1.82, 2.24) is 10.3 Å². The van der Waals surface area contributed by atoms with Gasteiger partial charge in [0.15, 0.2) is 0 Å². The van der Waals surface area contributed by atoms with E-state index in [1.807, 2.05) is 0 Å². The molecule has 2 rings (SSSR count). The minimum absolute atomic E-state index is 0.574. The van der Waals surface area contributed by atoms with E-state index in [9.17, 15) is 0 Å². The molecule has 0 saturated heterocycles. The topological polar surface area (TPSA) is 24.9 Å². The fourth-order valence-corrected chi connectivity index (χ4v) is 2.80. The zero-order chi connectivity index (χ0) is 14.4. The Hall–Kier alpha value is -1.41. The SMILES string of the molecule is CCCNC(CCC)Cc1cc(C)nc2ccccc12. The van der Waals surface area contributed by atoms with Gasteiger partial charge in [0.2, 0.25) is 0 Å². The summed E-state index contributed by atoms with van der Waals surface area (Å²) >= 11 is 0. The number of fused-ring (bicyclic) bond motifs is 1. The highest BCUT2D eigenvalue weighted by Gasteiger charge is 2.11. The molecule has 1 atom stereocenters. The molecule has 0 aliphatic carbocycles. The number of rotatable bonds is 7. The van der Waals surface area contributed by atoms with Crippen molar-refractivity contribution >= 4 is 10.9 Å². The van der Waals surface area contributed by atoms with Crippen LogP contribution in [0.2, 0.25) is 0 Å². The lowest BCUT2D eigenvalue weighted by atomic mass is 9.98. The van der Waals surface area contributed by atoms with Gasteiger partial charge in [-0.15, -0.1) is 0 Å². The summed E-state index contributed by atoms with van der Waals surface area (Å²) in [6, 6.07) is 11.3. The number of nitrogens with one attached hydrogen (secondary N) is 1. The molecule has 1 aromatic heterocycles. The molecule has 0 radical (unpaired) electrons. The normalized spacial score (nSPS) is 12.8. The van der Waals surface area contributed by atoms with Gasteiger partial charge >= 0.3 is 0 Å². The maximum Gasteiger partial charge on any atom is 0.0707 e. The first-order chi connectivity index (χ1) is 9.74. The summed E-state index contributed by atoms with van der Waals surface area (Å²) in [4.78, 5) is 4.63. The monoisotopic (exact) mass is 270 g/mol. The first kappa shape index (κ1) is 15.0. The molecule has 2 nitrogen and oxygen atoms in total. The number of nitrogens with zero attached hydrogens (tertiary/aromatic N) is 1. The molecule has 0 bridgehead atoms. The van der Waals surface area contributed by atoms with Crippen molar-refractivity contribution in [2.45, 2.75) is 52.5 Å². The minimum atomic E-state index is 0.574. The van der Waals surface area contributed by atoms with Gasteiger partial charge < -0.3 is 5.32 Å². The van der Waals surface area contributed by atoms with E-state index in [4.69, 9.17) is 0 Å². The van der Waals surface area contributed by atoms with Gasteiger partial charge in [-0.05, 0) is 50.4 Å². The van der Waals surface area contributed by atoms with Crippen molar-refractivity contribution in [2.24, 2.45) is 0 Å². The van der Waals surface area contributed by atoms with E-state index in [-0.39, 0.29) is 0 Å². The van der Waals surface area contributed by atoms with Gasteiger partial charge in [-0.25, -0.2) is 0 Å². The molecule has 1 unspecified atom stereocenters. The van der Waals surface area contributed by atoms with Crippen LogP contribution < -0.4 is 5.32 Å². The van der Waals surface area contributed by atoms with Gasteiger partial charge in [-0.3, -0.25) is 4.98 Å². The van der Waals surface area contributed by atoms with E-state index < -0.39 is 0 Å². The number of hydrogen-bond acceptors (Lipinski definition) is 2. The first-order valence-corrected chi connectivity index (χ1v) is 7.83. The summed E-state index contributed by atoms with van der Waals surface area (Å²) in [5, 5.41) is 4.99. The van der Waals surface area contributed by atoms with E-state index in [0.29, 0.717) is 6.04 Å². The molecule has 108 valence electrons. The van der Waals surface area contributed by atoms with E-state index in [2.05, 4.69) is 61.4 Å². The summed E-state index contributed by atoms with van der Waals surface area (Å²) in [5.74, 6) is 0. The molecule has 0 aliphatic rings. The molecular formula is C18H26N2. The highest BCUT2D eigenvalue weighted by atomic mass is 14.9. The smallest absolute Gasteiger partial charge is 0.0707 e. The average molecular weight is 270 g/mol. The number of benzene rings is 1. The summed E-state index contributed by atoms with van der Waals surface area (Å²) in [7, 11) is 0. The Bertz CT molecular complexity index is 548. The Morgan fingerprint density at radius 1 is 1.15 bits per heavy atom. The molecule has 2 heteroatoms. The molecule has 0 spiro atoms. The molecule has 1 N–H and O–H groups in total. The number of hydrogen-bond donors (Lipinski definition) is 1. The van der Waals surface area contributed by atoms with Crippen LogP contribution in [0.5, 0.6) is 0 Å². The lowest BCUT2D eigenvalue weighted by Crippen LogP contribution is -2.31. The summed E-state index contributed by atoms with van der Waals surface area (Å²) in [6.45, 7) is 7.68. The zero-order valence-corrected chi connectivity index (χ0v) is 12.9. The fraction of sp³-hybridized carbons (Fsp3) is 0.500. The summed E-state index contributed by atoms with van der Waals surface area (Å²) < 4.78 is 0. The van der Waals surface area contributed by atoms with Crippen molar-refractivity contribution in [3.05, 3.63) is 41.6 Å². The number of aromatic nitrogens is 1. The fourth-order valence-electron chi connectivity index (χ4n) is 2.80. The second kappa shape index (κ2) is 7.39. The molecule has 1 heterocycles. The molecule has 0 aliphatic heterocycles. The molecule has 0 amide bonds. The second-order valence-corrected chi connectivity index (χ2v) is 5.58. The van der Waals surface area contributed by atoms with Gasteiger partial charge in [-0.2, -0.15) is 0 Å². The molecule has 20 heavy (non-hydrogen) atoms. The third-order valence-corrected chi connectivity index (χ3v) is 3.72. The third kappa shape index (κ3) is 3.80. The quantitative estimate of drug-likeness (QED) is 0.813. The van der Waals surface area contributed by atoms with Crippen LogP contribution in [0.3, 0.4) is 0 Å². The van der Waals surface area contributed by atoms with Crippen LogP contribution in [0, 0.1) is 6.92 Å². The van der Waals surface area contributed by atoms with Crippen molar-refractivity contribution in [1.29, 1.82) is 0 Å². The molecule has 0 fully saturated rings. The number of aryl methyl sites for hydroxylation is 1. The minimum Gasteiger partial charge on any atom is -0.314 e. The Labute approximate surface area is 122 Å². The van der Waals surface area contributed by atoms with E-state index >= 15 is 0 Å². The Morgan fingerprint density at radius 3 is 2.70 bits per heavy atom. The van der Waals surface area contributed by atoms with Gasteiger partial charge in [0.1, 0.15) is 0 Å². The van der Waals surface area contributed by atoms with Gasteiger partial charge in [-0.1, -0.05) is 38.5 Å². The Morgan fingerprint density at radius 2 is 1.95 bits per heavy atom. The van der Waals surface area contributed by atoms with Gasteiger partial charge in [0.05, 0.1) is 5.52 Å². The largest absolute Gasteiger partial charge is 0.314 e. The van der Waals surface area contributed by atoms with Crippen molar-refractivity contribution in [2.75, 3.05) is 6.54 Å². The maximum atomic E-state index is 4.63. The molecule has 1 aromatic carbocycles. The Kier molecular flexibility index (Phi) is 5.54. The lowest BCUT2D eigenvalue weighted by molar-refractivity contribution is 0.474. The standard InChI is InChI=1S/C18H26N2/c1-4-8-16(19-11-5-2)13-15-12-14(3)20-18-10-7-6-9-17(15)18/h6-7,9-10,12,16,19H,4-5,8,11,13H2,1-3H3. The van der Waals surface area contributed by atoms with Crippen LogP contribution in [-0.4, -0.2) is 17.6 Å². The summed E-state index contributed by atoms with van der Waals surface area (Å²) in [5.41, 5.74) is 3.66. The van der Waals surface area contributed by atoms with Crippen molar-refractivity contribution < 1.29 is 0 Å². The van der Waals surface area contributed by atoms with E-state index in [1.54, 1.807) is 0 Å². The highest BCUT2D eigenvalue weighted by molar-refractivity contribution is 5.82. The zero-order valence-electron chi connectivity index (χ0n) is 12.9.